The van der Waals surface area contributed by atoms with Crippen molar-refractivity contribution in [2.75, 3.05) is 11.4 Å². The van der Waals surface area contributed by atoms with Crippen LogP contribution in [0.2, 0.25) is 5.02 Å². The number of aromatic nitrogens is 2. The van der Waals surface area contributed by atoms with Gasteiger partial charge >= 0.3 is 6.18 Å². The summed E-state index contributed by atoms with van der Waals surface area (Å²) in [6.45, 7) is 0.316. The molecule has 1 aliphatic rings. The third-order valence-electron chi connectivity index (χ3n) is 3.68. The minimum atomic E-state index is -4.41. The molecular formula is C14H11ClF3N3O. The summed E-state index contributed by atoms with van der Waals surface area (Å²) in [4.78, 5) is 13.4. The third kappa shape index (κ3) is 2.25. The van der Waals surface area contributed by atoms with Crippen LogP contribution < -0.4 is 10.5 Å². The number of rotatable bonds is 1. The molecule has 1 aromatic carbocycles. The lowest BCUT2D eigenvalue weighted by atomic mass is 10.0. The molecule has 0 bridgehead atoms. The predicted octanol–water partition coefficient (Wildman–Crippen LogP) is 3.15. The zero-order valence-corrected chi connectivity index (χ0v) is 12.2. The normalized spacial score (nSPS) is 14.3. The largest absolute Gasteiger partial charge is 0.416 e. The molecule has 0 atom stereocenters. The van der Waals surface area contributed by atoms with E-state index in [2.05, 4.69) is 5.10 Å². The van der Waals surface area contributed by atoms with E-state index in [1.807, 2.05) is 0 Å². The summed E-state index contributed by atoms with van der Waals surface area (Å²) < 4.78 is 40.3. The Morgan fingerprint density at radius 3 is 2.68 bits per heavy atom. The SMILES string of the molecule is Cn1ncc(N2CCc3c2cccc3C(F)(F)F)c(Cl)c1=O. The fourth-order valence-electron chi connectivity index (χ4n) is 2.64. The first-order valence-corrected chi connectivity index (χ1v) is 6.87. The van der Waals surface area contributed by atoms with Crippen LogP contribution in [0.4, 0.5) is 24.5 Å². The molecular weight excluding hydrogens is 319 g/mol. The second kappa shape index (κ2) is 5.01. The average molecular weight is 330 g/mol. The van der Waals surface area contributed by atoms with Crippen molar-refractivity contribution in [3.8, 4) is 0 Å². The van der Waals surface area contributed by atoms with E-state index in [1.54, 1.807) is 11.0 Å². The van der Waals surface area contributed by atoms with E-state index in [9.17, 15) is 18.0 Å². The monoisotopic (exact) mass is 329 g/mol. The third-order valence-corrected chi connectivity index (χ3v) is 4.04. The minimum Gasteiger partial charge on any atom is -0.338 e. The highest BCUT2D eigenvalue weighted by atomic mass is 35.5. The highest BCUT2D eigenvalue weighted by Gasteiger charge is 2.37. The quantitative estimate of drug-likeness (QED) is 0.806. The Bertz CT molecular complexity index is 801. The summed E-state index contributed by atoms with van der Waals surface area (Å²) >= 11 is 6.04. The van der Waals surface area contributed by atoms with Crippen molar-refractivity contribution < 1.29 is 13.2 Å². The van der Waals surface area contributed by atoms with Gasteiger partial charge in [0.25, 0.3) is 5.56 Å². The number of nitrogens with zero attached hydrogens (tertiary/aromatic N) is 3. The second-order valence-electron chi connectivity index (χ2n) is 4.98. The van der Waals surface area contributed by atoms with E-state index < -0.39 is 17.3 Å². The van der Waals surface area contributed by atoms with Gasteiger partial charge in [-0.2, -0.15) is 18.3 Å². The summed E-state index contributed by atoms with van der Waals surface area (Å²) in [5.41, 5.74) is -0.193. The Hall–Kier alpha value is -2.02. The predicted molar refractivity (Wildman–Crippen MR) is 76.6 cm³/mol. The molecule has 22 heavy (non-hydrogen) atoms. The summed E-state index contributed by atoms with van der Waals surface area (Å²) in [7, 11) is 1.46. The molecule has 2 heterocycles. The summed E-state index contributed by atoms with van der Waals surface area (Å²) in [5.74, 6) is 0. The van der Waals surface area contributed by atoms with Gasteiger partial charge in [0.05, 0.1) is 17.4 Å². The number of aryl methyl sites for hydroxylation is 1. The maximum absolute atomic E-state index is 13.1. The number of hydrogen-bond acceptors (Lipinski definition) is 3. The van der Waals surface area contributed by atoms with E-state index in [4.69, 9.17) is 11.6 Å². The fraction of sp³-hybridized carbons (Fsp3) is 0.286. The van der Waals surface area contributed by atoms with Crippen molar-refractivity contribution in [2.24, 2.45) is 7.05 Å². The van der Waals surface area contributed by atoms with E-state index in [0.29, 0.717) is 17.9 Å². The molecule has 0 saturated carbocycles. The van der Waals surface area contributed by atoms with Gasteiger partial charge in [0.1, 0.15) is 5.02 Å². The Morgan fingerprint density at radius 2 is 2.00 bits per heavy atom. The van der Waals surface area contributed by atoms with Gasteiger partial charge in [-0.15, -0.1) is 0 Å². The van der Waals surface area contributed by atoms with Crippen LogP contribution in [-0.4, -0.2) is 16.3 Å². The summed E-state index contributed by atoms with van der Waals surface area (Å²) in [6.07, 6.45) is -2.79. The second-order valence-corrected chi connectivity index (χ2v) is 5.35. The number of anilines is 2. The molecule has 0 spiro atoms. The van der Waals surface area contributed by atoms with Crippen LogP contribution in [0, 0.1) is 0 Å². The van der Waals surface area contributed by atoms with Crippen LogP contribution in [0.25, 0.3) is 0 Å². The van der Waals surface area contributed by atoms with Crippen molar-refractivity contribution in [1.82, 2.24) is 9.78 Å². The highest BCUT2D eigenvalue weighted by Crippen LogP contribution is 2.42. The lowest BCUT2D eigenvalue weighted by Gasteiger charge is -2.21. The zero-order valence-electron chi connectivity index (χ0n) is 11.5. The van der Waals surface area contributed by atoms with Gasteiger partial charge in [-0.3, -0.25) is 4.79 Å². The number of fused-ring (bicyclic) bond motifs is 1. The zero-order chi connectivity index (χ0) is 16.1. The van der Waals surface area contributed by atoms with E-state index in [0.717, 1.165) is 10.7 Å². The number of alkyl halides is 3. The van der Waals surface area contributed by atoms with Crippen molar-refractivity contribution in [3.63, 3.8) is 0 Å². The Kier molecular flexibility index (Phi) is 3.40. The Morgan fingerprint density at radius 1 is 1.27 bits per heavy atom. The molecule has 2 aromatic rings. The number of hydrogen-bond donors (Lipinski definition) is 0. The first-order valence-electron chi connectivity index (χ1n) is 6.49. The Balaban J connectivity index is 2.14. The molecule has 4 nitrogen and oxygen atoms in total. The van der Waals surface area contributed by atoms with Gasteiger partial charge in [-0.1, -0.05) is 17.7 Å². The van der Waals surface area contributed by atoms with Gasteiger partial charge in [0.15, 0.2) is 0 Å². The lowest BCUT2D eigenvalue weighted by molar-refractivity contribution is -0.138. The van der Waals surface area contributed by atoms with Gasteiger partial charge in [-0.05, 0) is 24.1 Å². The maximum Gasteiger partial charge on any atom is 0.416 e. The van der Waals surface area contributed by atoms with Gasteiger partial charge < -0.3 is 4.90 Å². The smallest absolute Gasteiger partial charge is 0.338 e. The topological polar surface area (TPSA) is 38.1 Å². The molecule has 0 saturated heterocycles. The minimum absolute atomic E-state index is 0.0530. The van der Waals surface area contributed by atoms with E-state index >= 15 is 0 Å². The van der Waals surface area contributed by atoms with Crippen molar-refractivity contribution in [3.05, 3.63) is 50.9 Å². The Labute approximate surface area is 128 Å². The lowest BCUT2D eigenvalue weighted by Crippen LogP contribution is -2.24. The van der Waals surface area contributed by atoms with E-state index in [1.165, 1.54) is 19.3 Å². The molecule has 0 amide bonds. The highest BCUT2D eigenvalue weighted by molar-refractivity contribution is 6.33. The van der Waals surface area contributed by atoms with Gasteiger partial charge in [-0.25, -0.2) is 4.68 Å². The average Bonchev–Trinajstić information content (AvgIpc) is 2.87. The first kappa shape index (κ1) is 14.9. The molecule has 3 rings (SSSR count). The first-order chi connectivity index (χ1) is 10.3. The number of benzene rings is 1. The molecule has 0 unspecified atom stereocenters. The van der Waals surface area contributed by atoms with Crippen molar-refractivity contribution in [1.29, 1.82) is 0 Å². The van der Waals surface area contributed by atoms with Crippen molar-refractivity contribution >= 4 is 23.0 Å². The molecule has 0 radical (unpaired) electrons. The standard InChI is InChI=1S/C14H11ClF3N3O/c1-20-13(22)12(15)11(7-19-20)21-6-5-8-9(14(16,17)18)3-2-4-10(8)21/h2-4,7H,5-6H2,1H3. The molecule has 0 N–H and O–H groups in total. The maximum atomic E-state index is 13.1. The fourth-order valence-corrected chi connectivity index (χ4v) is 2.91. The van der Waals surface area contributed by atoms with Crippen LogP contribution in [0.5, 0.6) is 0 Å². The van der Waals surface area contributed by atoms with Crippen LogP contribution in [0.15, 0.2) is 29.2 Å². The molecule has 0 aliphatic carbocycles. The molecule has 0 fully saturated rings. The number of halogens is 4. The molecule has 116 valence electrons. The van der Waals surface area contributed by atoms with Crippen LogP contribution >= 0.6 is 11.6 Å². The summed E-state index contributed by atoms with van der Waals surface area (Å²) in [6, 6.07) is 4.00. The van der Waals surface area contributed by atoms with Crippen molar-refractivity contribution in [2.45, 2.75) is 12.6 Å². The van der Waals surface area contributed by atoms with Gasteiger partial charge in [0, 0.05) is 19.3 Å². The molecule has 1 aliphatic heterocycles. The summed E-state index contributed by atoms with van der Waals surface area (Å²) in [5, 5.41) is 3.83. The van der Waals surface area contributed by atoms with Crippen LogP contribution in [-0.2, 0) is 19.6 Å². The van der Waals surface area contributed by atoms with E-state index in [-0.39, 0.29) is 17.0 Å². The molecule has 1 aromatic heterocycles. The molecule has 8 heteroatoms. The van der Waals surface area contributed by atoms with Crippen LogP contribution in [0.3, 0.4) is 0 Å². The van der Waals surface area contributed by atoms with Crippen LogP contribution in [0.1, 0.15) is 11.1 Å². The van der Waals surface area contributed by atoms with Gasteiger partial charge in [0.2, 0.25) is 0 Å².